The molecule has 2 aromatic rings. The lowest BCUT2D eigenvalue weighted by Gasteiger charge is -2.13. The van der Waals surface area contributed by atoms with Gasteiger partial charge in [0.15, 0.2) is 6.10 Å². The summed E-state index contributed by atoms with van der Waals surface area (Å²) < 4.78 is 5.12. The number of rotatable bonds is 6. The number of amides is 1. The maximum absolute atomic E-state index is 11.9. The standard InChI is InChI=1S/C17H18ClNO3S/c1-3-19-17(21)11(2)22-15(20)10-23-14-9-5-7-12-6-4-8-13(18)16(12)14/h4-9,11H,3,10H2,1-2H3,(H,19,21)/t11-/m0/s1. The third-order valence-corrected chi connectivity index (χ3v) is 4.54. The van der Waals surface area contributed by atoms with Gasteiger partial charge in [0.05, 0.1) is 5.75 Å². The van der Waals surface area contributed by atoms with E-state index in [-0.39, 0.29) is 11.7 Å². The van der Waals surface area contributed by atoms with Crippen molar-refractivity contribution in [2.75, 3.05) is 12.3 Å². The first kappa shape index (κ1) is 17.6. The molecule has 0 aromatic heterocycles. The van der Waals surface area contributed by atoms with Crippen molar-refractivity contribution in [2.24, 2.45) is 0 Å². The Morgan fingerprint density at radius 3 is 2.65 bits per heavy atom. The van der Waals surface area contributed by atoms with Crippen LogP contribution in [-0.4, -0.2) is 30.3 Å². The predicted molar refractivity (Wildman–Crippen MR) is 93.9 cm³/mol. The summed E-state index contributed by atoms with van der Waals surface area (Å²) in [7, 11) is 0. The van der Waals surface area contributed by atoms with Crippen LogP contribution in [-0.2, 0) is 14.3 Å². The number of carbonyl (C=O) groups excluding carboxylic acids is 2. The Balaban J connectivity index is 2.01. The molecule has 4 nitrogen and oxygen atoms in total. The summed E-state index contributed by atoms with van der Waals surface area (Å²) in [5.41, 5.74) is 0. The lowest BCUT2D eigenvalue weighted by atomic mass is 10.1. The smallest absolute Gasteiger partial charge is 0.317 e. The molecule has 0 aliphatic heterocycles. The van der Waals surface area contributed by atoms with Crippen LogP contribution in [0.3, 0.4) is 0 Å². The van der Waals surface area contributed by atoms with Crippen LogP contribution in [0.1, 0.15) is 13.8 Å². The van der Waals surface area contributed by atoms with E-state index in [2.05, 4.69) is 5.32 Å². The molecular formula is C17H18ClNO3S. The van der Waals surface area contributed by atoms with Crippen molar-refractivity contribution >= 4 is 46.0 Å². The number of hydrogen-bond acceptors (Lipinski definition) is 4. The molecule has 1 atom stereocenters. The Labute approximate surface area is 144 Å². The van der Waals surface area contributed by atoms with Crippen LogP contribution >= 0.6 is 23.4 Å². The third kappa shape index (κ3) is 4.62. The molecule has 6 heteroatoms. The van der Waals surface area contributed by atoms with Crippen LogP contribution in [0.25, 0.3) is 10.8 Å². The molecule has 23 heavy (non-hydrogen) atoms. The van der Waals surface area contributed by atoms with Gasteiger partial charge in [-0.1, -0.05) is 35.9 Å². The molecule has 0 saturated heterocycles. The molecule has 0 aliphatic carbocycles. The minimum atomic E-state index is -0.792. The van der Waals surface area contributed by atoms with Gasteiger partial charge in [0.2, 0.25) is 0 Å². The molecule has 1 amide bonds. The van der Waals surface area contributed by atoms with Gasteiger partial charge in [-0.25, -0.2) is 0 Å². The Bertz CT molecular complexity index is 715. The first-order valence-electron chi connectivity index (χ1n) is 7.30. The molecule has 0 aliphatic rings. The number of halogens is 1. The van der Waals surface area contributed by atoms with E-state index >= 15 is 0 Å². The monoisotopic (exact) mass is 351 g/mol. The van der Waals surface area contributed by atoms with E-state index in [9.17, 15) is 9.59 Å². The Morgan fingerprint density at radius 2 is 1.96 bits per heavy atom. The molecular weight excluding hydrogens is 334 g/mol. The largest absolute Gasteiger partial charge is 0.452 e. The number of likely N-dealkylation sites (N-methyl/N-ethyl adjacent to an activating group) is 1. The molecule has 2 aromatic carbocycles. The van der Waals surface area contributed by atoms with Gasteiger partial charge in [0, 0.05) is 21.8 Å². The number of benzene rings is 2. The zero-order valence-electron chi connectivity index (χ0n) is 13.0. The second-order valence-corrected chi connectivity index (χ2v) is 6.33. The number of thioether (sulfide) groups is 1. The van der Waals surface area contributed by atoms with E-state index in [1.165, 1.54) is 11.8 Å². The van der Waals surface area contributed by atoms with Gasteiger partial charge in [0.1, 0.15) is 0 Å². The minimum absolute atomic E-state index is 0.119. The van der Waals surface area contributed by atoms with Crippen LogP contribution in [0, 0.1) is 0 Å². The van der Waals surface area contributed by atoms with Crippen molar-refractivity contribution < 1.29 is 14.3 Å². The molecule has 2 rings (SSSR count). The normalized spacial score (nSPS) is 12.0. The molecule has 0 heterocycles. The summed E-state index contributed by atoms with van der Waals surface area (Å²) in [6, 6.07) is 11.5. The zero-order valence-corrected chi connectivity index (χ0v) is 14.5. The van der Waals surface area contributed by atoms with E-state index in [1.54, 1.807) is 6.92 Å². The fraction of sp³-hybridized carbons (Fsp3) is 0.294. The molecule has 0 radical (unpaired) electrons. The molecule has 0 fully saturated rings. The predicted octanol–water partition coefficient (Wildman–Crippen LogP) is 3.65. The van der Waals surface area contributed by atoms with Crippen molar-refractivity contribution in [2.45, 2.75) is 24.8 Å². The highest BCUT2D eigenvalue weighted by Crippen LogP contribution is 2.33. The Morgan fingerprint density at radius 1 is 1.26 bits per heavy atom. The number of hydrogen-bond donors (Lipinski definition) is 1. The zero-order chi connectivity index (χ0) is 16.8. The maximum Gasteiger partial charge on any atom is 0.317 e. The summed E-state index contributed by atoms with van der Waals surface area (Å²) in [6.45, 7) is 3.87. The fourth-order valence-corrected chi connectivity index (χ4v) is 3.35. The van der Waals surface area contributed by atoms with E-state index in [4.69, 9.17) is 16.3 Å². The number of ether oxygens (including phenoxy) is 1. The second-order valence-electron chi connectivity index (χ2n) is 4.91. The van der Waals surface area contributed by atoms with Crippen molar-refractivity contribution in [1.82, 2.24) is 5.32 Å². The SMILES string of the molecule is CCNC(=O)[C@H](C)OC(=O)CSc1cccc2cccc(Cl)c12. The first-order valence-corrected chi connectivity index (χ1v) is 8.66. The minimum Gasteiger partial charge on any atom is -0.452 e. The molecule has 0 saturated carbocycles. The van der Waals surface area contributed by atoms with E-state index < -0.39 is 12.1 Å². The molecule has 1 N–H and O–H groups in total. The fourth-order valence-electron chi connectivity index (χ4n) is 2.12. The highest BCUT2D eigenvalue weighted by molar-refractivity contribution is 8.00. The van der Waals surface area contributed by atoms with Crippen molar-refractivity contribution in [3.05, 3.63) is 41.4 Å². The van der Waals surface area contributed by atoms with Crippen molar-refractivity contribution in [3.8, 4) is 0 Å². The Hall–Kier alpha value is -1.72. The average molecular weight is 352 g/mol. The van der Waals surface area contributed by atoms with Gasteiger partial charge in [-0.2, -0.15) is 0 Å². The lowest BCUT2D eigenvalue weighted by Crippen LogP contribution is -2.35. The van der Waals surface area contributed by atoms with Gasteiger partial charge >= 0.3 is 5.97 Å². The highest BCUT2D eigenvalue weighted by atomic mass is 35.5. The summed E-state index contributed by atoms with van der Waals surface area (Å²) in [5.74, 6) is -0.606. The van der Waals surface area contributed by atoms with Gasteiger partial charge in [-0.15, -0.1) is 11.8 Å². The van der Waals surface area contributed by atoms with Gasteiger partial charge in [0.25, 0.3) is 5.91 Å². The molecule has 0 spiro atoms. The summed E-state index contributed by atoms with van der Waals surface area (Å²) >= 11 is 7.60. The van der Waals surface area contributed by atoms with Crippen molar-refractivity contribution in [1.29, 1.82) is 0 Å². The number of carbonyl (C=O) groups is 2. The lowest BCUT2D eigenvalue weighted by molar-refractivity contribution is -0.152. The third-order valence-electron chi connectivity index (χ3n) is 3.19. The van der Waals surface area contributed by atoms with Gasteiger partial charge in [-0.05, 0) is 31.4 Å². The highest BCUT2D eigenvalue weighted by Gasteiger charge is 2.17. The van der Waals surface area contributed by atoms with Crippen LogP contribution in [0.5, 0.6) is 0 Å². The number of nitrogens with one attached hydrogen (secondary N) is 1. The van der Waals surface area contributed by atoms with Crippen LogP contribution < -0.4 is 5.32 Å². The van der Waals surface area contributed by atoms with E-state index in [0.717, 1.165) is 15.7 Å². The van der Waals surface area contributed by atoms with Gasteiger partial charge in [-0.3, -0.25) is 9.59 Å². The number of esters is 1. The summed E-state index contributed by atoms with van der Waals surface area (Å²) in [5, 5.41) is 5.21. The quantitative estimate of drug-likeness (QED) is 0.637. The van der Waals surface area contributed by atoms with Crippen LogP contribution in [0.4, 0.5) is 0 Å². The van der Waals surface area contributed by atoms with Gasteiger partial charge < -0.3 is 10.1 Å². The maximum atomic E-state index is 11.9. The molecule has 122 valence electrons. The van der Waals surface area contributed by atoms with E-state index in [1.807, 2.05) is 43.3 Å². The Kier molecular flexibility index (Phi) is 6.30. The summed E-state index contributed by atoms with van der Waals surface area (Å²) in [4.78, 5) is 24.4. The topological polar surface area (TPSA) is 55.4 Å². The molecule has 0 bridgehead atoms. The van der Waals surface area contributed by atoms with Crippen LogP contribution in [0.15, 0.2) is 41.3 Å². The molecule has 0 unspecified atom stereocenters. The second kappa shape index (κ2) is 8.22. The summed E-state index contributed by atoms with van der Waals surface area (Å²) in [6.07, 6.45) is -0.792. The van der Waals surface area contributed by atoms with Crippen molar-refractivity contribution in [3.63, 3.8) is 0 Å². The average Bonchev–Trinajstić information content (AvgIpc) is 2.53. The number of fused-ring (bicyclic) bond motifs is 1. The van der Waals surface area contributed by atoms with E-state index in [0.29, 0.717) is 11.6 Å². The first-order chi connectivity index (χ1) is 11.0. The van der Waals surface area contributed by atoms with Crippen LogP contribution in [0.2, 0.25) is 5.02 Å².